The second kappa shape index (κ2) is 54.3. The van der Waals surface area contributed by atoms with Crippen LogP contribution >= 0.6 is 0 Å². The Morgan fingerprint density at radius 3 is 0.275 bits per heavy atom. The summed E-state index contributed by atoms with van der Waals surface area (Å²) in [7, 11) is 0. The van der Waals surface area contributed by atoms with E-state index in [1.54, 1.807) is 83.1 Å². The molecule has 0 radical (unpaired) electrons. The highest BCUT2D eigenvalue weighted by molar-refractivity contribution is 5.91. The zero-order chi connectivity index (χ0) is 107. The molecule has 0 saturated heterocycles. The number of esters is 17. The van der Waals surface area contributed by atoms with E-state index in [-0.39, 0.29) is 132 Å². The first-order valence-electron chi connectivity index (χ1n) is 49.5. The molecular formula is C104H176O34. The molecule has 0 heterocycles. The normalized spacial score (nSPS) is 18.7. The minimum atomic E-state index is -2.18. The van der Waals surface area contributed by atoms with E-state index < -0.39 is 283 Å². The first kappa shape index (κ1) is 129. The van der Waals surface area contributed by atoms with Gasteiger partial charge in [0.25, 0.3) is 0 Å². The molecule has 16 unspecified atom stereocenters. The summed E-state index contributed by atoms with van der Waals surface area (Å²) in [4.78, 5) is 259. The van der Waals surface area contributed by atoms with E-state index in [2.05, 4.69) is 0 Å². The van der Waals surface area contributed by atoms with Crippen LogP contribution in [0.4, 0.5) is 0 Å². The highest BCUT2D eigenvalue weighted by Crippen LogP contribution is 2.61. The minimum Gasteiger partial charge on any atom is -0.466 e. The van der Waals surface area contributed by atoms with Crippen LogP contribution < -0.4 is 0 Å². The molecule has 0 aromatic heterocycles. The highest BCUT2D eigenvalue weighted by Gasteiger charge is 2.65. The molecule has 0 amide bonds. The second-order valence-electron chi connectivity index (χ2n) is 42.3. The molecule has 0 aliphatic heterocycles. The maximum atomic E-state index is 15.8. The van der Waals surface area contributed by atoms with Crippen LogP contribution in [0, 0.1) is 92.1 Å². The van der Waals surface area contributed by atoms with Gasteiger partial charge in [0.1, 0.15) is 0 Å². The van der Waals surface area contributed by atoms with Crippen molar-refractivity contribution in [2.24, 2.45) is 92.1 Å². The largest absolute Gasteiger partial charge is 0.466 e. The Labute approximate surface area is 822 Å². The number of rotatable bonds is 67. The second-order valence-corrected chi connectivity index (χ2v) is 42.3. The lowest BCUT2D eigenvalue weighted by Crippen LogP contribution is -2.52. The van der Waals surface area contributed by atoms with Gasteiger partial charge in [0.15, 0.2) is 0 Å². The molecule has 0 aromatic carbocycles. The fourth-order valence-electron chi connectivity index (χ4n) is 22.6. The van der Waals surface area contributed by atoms with Crippen molar-refractivity contribution in [3.05, 3.63) is 0 Å². The van der Waals surface area contributed by atoms with E-state index in [0.29, 0.717) is 0 Å². The van der Waals surface area contributed by atoms with Crippen LogP contribution in [0.25, 0.3) is 0 Å². The van der Waals surface area contributed by atoms with Crippen LogP contribution in [-0.4, -0.2) is 214 Å². The summed E-state index contributed by atoms with van der Waals surface area (Å²) >= 11 is 0. The smallest absolute Gasteiger partial charge is 0.311 e. The highest BCUT2D eigenvalue weighted by atomic mass is 16.6. The first-order valence-corrected chi connectivity index (χ1v) is 49.5. The molecule has 0 aromatic rings. The van der Waals surface area contributed by atoms with Crippen LogP contribution in [0.5, 0.6) is 0 Å². The SMILES string of the molecule is CCOC(=O)C(C)(C)CC(C)(CC(C)(CC(C)(CC(C)(CC(C)(CC(C)(CC(C)(CC(C)(CC(C)(CC(C)(CC(C)(CC(C)(CC(C)(CC(C)(CC(C)(CC(C)(CC)C(=O)OCC)C(=O)OCC)C(=O)OCC)C(=O)OCC)C(=O)OCC)C(=O)OCC)C(=O)OCC)C(=O)OCC)C(=O)OCC)C(=O)OCC)C(=O)OCC)C(=O)OCC)C(=O)OCC)C(=O)OCC)C(=O)OCC)C(=O)OCC. The van der Waals surface area contributed by atoms with E-state index in [1.165, 1.54) is 166 Å². The quantitative estimate of drug-likeness (QED) is 0.0403. The summed E-state index contributed by atoms with van der Waals surface area (Å²) in [6.45, 7) is 50.8. The number of ether oxygens (including phenoxy) is 17. The fourth-order valence-corrected chi connectivity index (χ4v) is 22.6. The average molecular weight is 1970 g/mol. The molecule has 0 rings (SSSR count). The Morgan fingerprint density at radius 1 is 0.116 bits per heavy atom. The zero-order valence-corrected chi connectivity index (χ0v) is 90.9. The molecule has 0 bridgehead atoms. The molecule has 0 aliphatic rings. The summed E-state index contributed by atoms with van der Waals surface area (Å²) in [6, 6.07) is 0. The predicted octanol–water partition coefficient (Wildman–Crippen LogP) is 17.3. The Kier molecular flexibility index (Phi) is 50.7. The molecule has 0 spiro atoms. The van der Waals surface area contributed by atoms with Crippen molar-refractivity contribution in [3.8, 4) is 0 Å². The fraction of sp³-hybridized carbons (Fsp3) is 0.837. The minimum absolute atomic E-state index is 0.00542. The van der Waals surface area contributed by atoms with Gasteiger partial charge in [-0.15, -0.1) is 0 Å². The van der Waals surface area contributed by atoms with Gasteiger partial charge in [-0.2, -0.15) is 0 Å². The van der Waals surface area contributed by atoms with Crippen molar-refractivity contribution in [3.63, 3.8) is 0 Å². The molecule has 0 fully saturated rings. The molecule has 34 heteroatoms. The molecule has 138 heavy (non-hydrogen) atoms. The van der Waals surface area contributed by atoms with Crippen LogP contribution in [-0.2, 0) is 162 Å². The number of carbonyl (C=O) groups excluding carboxylic acids is 17. The van der Waals surface area contributed by atoms with E-state index in [0.717, 1.165) is 0 Å². The van der Waals surface area contributed by atoms with Crippen LogP contribution in [0.2, 0.25) is 0 Å². The van der Waals surface area contributed by atoms with Gasteiger partial charge in [-0.25, -0.2) is 0 Å². The molecule has 0 aliphatic carbocycles. The number of hydrogen-bond acceptors (Lipinski definition) is 34. The Balaban J connectivity index is 9.98. The van der Waals surface area contributed by atoms with Crippen molar-refractivity contribution < 1.29 is 162 Å². The summed E-state index contributed by atoms with van der Waals surface area (Å²) in [5.41, 5.74) is -33.2. The third-order valence-electron chi connectivity index (χ3n) is 26.4. The maximum Gasteiger partial charge on any atom is 0.311 e. The third-order valence-corrected chi connectivity index (χ3v) is 26.4. The van der Waals surface area contributed by atoms with Crippen molar-refractivity contribution in [2.45, 2.75) is 358 Å². The first-order chi connectivity index (χ1) is 63.6. The van der Waals surface area contributed by atoms with Crippen molar-refractivity contribution >= 4 is 101 Å². The van der Waals surface area contributed by atoms with E-state index in [4.69, 9.17) is 80.5 Å². The summed E-state index contributed by atoms with van der Waals surface area (Å²) in [5.74, 6) is -15.6. The van der Waals surface area contributed by atoms with Crippen molar-refractivity contribution in [1.82, 2.24) is 0 Å². The monoisotopic (exact) mass is 1970 g/mol. The predicted molar refractivity (Wildman–Crippen MR) is 510 cm³/mol. The van der Waals surface area contributed by atoms with E-state index in [1.807, 2.05) is 0 Å². The number of hydrogen-bond donors (Lipinski definition) is 0. The van der Waals surface area contributed by atoms with E-state index >= 15 is 62.3 Å². The van der Waals surface area contributed by atoms with Gasteiger partial charge in [0, 0.05) is 0 Å². The lowest BCUT2D eigenvalue weighted by atomic mass is 9.55. The lowest BCUT2D eigenvalue weighted by Gasteiger charge is -2.48. The van der Waals surface area contributed by atoms with Gasteiger partial charge >= 0.3 is 101 Å². The average Bonchev–Trinajstić information content (AvgIpc) is 0.740. The van der Waals surface area contributed by atoms with Crippen molar-refractivity contribution in [2.75, 3.05) is 112 Å². The standard InChI is InChI=1S/C104H176O34/c1-37-89(21,72(106)123-39-3)56-91(23,74(108)125-41-5)58-93(25,76(110)127-43-7)60-95(27,78(112)129-45-9)62-97(29,80(114)131-47-11)64-99(31,82(116)133-49-13)66-101(33,84(118)135-51-15)68-103(35,86(120)137-53-17)70-104(36,87(121)138-54-18)69-102(34,85(119)136-52-16)67-100(32,83(117)134-50-14)65-98(30,81(115)132-48-12)63-96(28,79(113)130-46-10)61-94(26,77(111)128-44-8)59-92(24,75(109)126-42-6)57-90(22,73(107)124-40-4)55-88(19,20)71(105)122-38-2/h37-70H2,1-36H3. The van der Waals surface area contributed by atoms with Gasteiger partial charge in [0.05, 0.1) is 204 Å². The Morgan fingerprint density at radius 2 is 0.188 bits per heavy atom. The zero-order valence-electron chi connectivity index (χ0n) is 90.9. The van der Waals surface area contributed by atoms with Crippen LogP contribution in [0.1, 0.15) is 358 Å². The summed E-state index contributed by atoms with van der Waals surface area (Å²) in [5, 5.41) is 0. The number of carbonyl (C=O) groups is 17. The maximum absolute atomic E-state index is 15.8. The van der Waals surface area contributed by atoms with Gasteiger partial charge < -0.3 is 80.5 Å². The Hall–Kier alpha value is -9.01. The van der Waals surface area contributed by atoms with Gasteiger partial charge in [-0.1, -0.05) is 6.92 Å². The third kappa shape index (κ3) is 34.1. The van der Waals surface area contributed by atoms with Crippen LogP contribution in [0.3, 0.4) is 0 Å². The van der Waals surface area contributed by atoms with Gasteiger partial charge in [-0.3, -0.25) is 81.5 Å². The summed E-state index contributed by atoms with van der Waals surface area (Å²) in [6.07, 6.45) is -8.89. The van der Waals surface area contributed by atoms with Gasteiger partial charge in [-0.05, 0) is 351 Å². The van der Waals surface area contributed by atoms with Crippen LogP contribution in [0.15, 0.2) is 0 Å². The lowest BCUT2D eigenvalue weighted by molar-refractivity contribution is -0.180. The van der Waals surface area contributed by atoms with E-state index in [9.17, 15) is 19.2 Å². The molecule has 0 N–H and O–H groups in total. The topological polar surface area (TPSA) is 447 Å². The molecule has 0 saturated carbocycles. The summed E-state index contributed by atoms with van der Waals surface area (Å²) < 4.78 is 99.3. The molecule has 796 valence electrons. The van der Waals surface area contributed by atoms with Gasteiger partial charge in [0.2, 0.25) is 0 Å². The molecule has 34 nitrogen and oxygen atoms in total. The van der Waals surface area contributed by atoms with Crippen molar-refractivity contribution in [1.29, 1.82) is 0 Å². The Bertz CT molecular complexity index is 3940. The molecule has 16 atom stereocenters. The molecular weight excluding hydrogens is 1790 g/mol.